The van der Waals surface area contributed by atoms with Gasteiger partial charge in [-0.2, -0.15) is 0 Å². The second-order valence-electron chi connectivity index (χ2n) is 6.03. The number of urea groups is 1. The van der Waals surface area contributed by atoms with Gasteiger partial charge in [0.1, 0.15) is 11.5 Å². The van der Waals surface area contributed by atoms with E-state index in [1.54, 1.807) is 6.07 Å². The summed E-state index contributed by atoms with van der Waals surface area (Å²) in [4.78, 5) is 35.6. The molecule has 0 heterocycles. The van der Waals surface area contributed by atoms with Crippen LogP contribution >= 0.6 is 0 Å². The van der Waals surface area contributed by atoms with Crippen molar-refractivity contribution in [2.45, 2.75) is 38.1 Å². The highest BCUT2D eigenvalue weighted by atomic mass is 16.5. The topological polar surface area (TPSA) is 103 Å². The van der Waals surface area contributed by atoms with E-state index in [4.69, 9.17) is 14.2 Å². The molecule has 8 nitrogen and oxygen atoms in total. The molecule has 1 aliphatic carbocycles. The smallest absolute Gasteiger partial charge is 0.338 e. The third kappa shape index (κ3) is 5.94. The highest BCUT2D eigenvalue weighted by Gasteiger charge is 2.18. The summed E-state index contributed by atoms with van der Waals surface area (Å²) in [5, 5.41) is 4.92. The van der Waals surface area contributed by atoms with Gasteiger partial charge in [-0.1, -0.05) is 19.3 Å². The molecule has 0 aliphatic heterocycles. The Morgan fingerprint density at radius 2 is 1.62 bits per heavy atom. The van der Waals surface area contributed by atoms with Crippen LogP contribution in [-0.2, 0) is 9.53 Å². The fraction of sp³-hybridized carbons (Fsp3) is 0.500. The van der Waals surface area contributed by atoms with Crippen molar-refractivity contribution in [3.8, 4) is 11.5 Å². The Morgan fingerprint density at radius 1 is 1.00 bits per heavy atom. The van der Waals surface area contributed by atoms with E-state index in [1.807, 2.05) is 0 Å². The van der Waals surface area contributed by atoms with Gasteiger partial charge in [0, 0.05) is 12.1 Å². The lowest BCUT2D eigenvalue weighted by atomic mass is 9.96. The molecule has 2 rings (SSSR count). The van der Waals surface area contributed by atoms with E-state index in [9.17, 15) is 14.4 Å². The number of amides is 3. The largest absolute Gasteiger partial charge is 0.497 e. The number of rotatable bonds is 6. The van der Waals surface area contributed by atoms with Crippen molar-refractivity contribution in [2.24, 2.45) is 0 Å². The molecule has 1 saturated carbocycles. The van der Waals surface area contributed by atoms with Gasteiger partial charge in [-0.05, 0) is 25.0 Å². The lowest BCUT2D eigenvalue weighted by molar-refractivity contribution is -0.123. The Balaban J connectivity index is 1.80. The molecule has 8 heteroatoms. The molecule has 1 aliphatic rings. The summed E-state index contributed by atoms with van der Waals surface area (Å²) in [6, 6.07) is 4.07. The van der Waals surface area contributed by atoms with Crippen molar-refractivity contribution in [3.05, 3.63) is 23.8 Å². The normalized spacial score (nSPS) is 14.2. The summed E-state index contributed by atoms with van der Waals surface area (Å²) in [6.45, 7) is -0.559. The highest BCUT2D eigenvalue weighted by Crippen LogP contribution is 2.23. The first-order valence-electron chi connectivity index (χ1n) is 8.52. The number of hydrogen-bond acceptors (Lipinski definition) is 6. The number of benzene rings is 1. The molecular formula is C18H24N2O6. The van der Waals surface area contributed by atoms with Gasteiger partial charge in [-0.15, -0.1) is 0 Å². The Morgan fingerprint density at radius 3 is 2.19 bits per heavy atom. The molecule has 0 spiro atoms. The van der Waals surface area contributed by atoms with Gasteiger partial charge in [0.25, 0.3) is 5.91 Å². The van der Waals surface area contributed by atoms with Gasteiger partial charge in [0.05, 0.1) is 19.8 Å². The number of ether oxygens (including phenoxy) is 3. The summed E-state index contributed by atoms with van der Waals surface area (Å²) in [5.41, 5.74) is 0.181. The second-order valence-corrected chi connectivity index (χ2v) is 6.03. The first kappa shape index (κ1) is 19.6. The standard InChI is InChI=1S/C18H24N2O6/c1-24-14-8-12(9-15(10-14)25-2)17(22)26-11-16(21)20-18(23)19-13-6-4-3-5-7-13/h8-10,13H,3-7,11H2,1-2H3,(H2,19,20,21,23). The van der Waals surface area contributed by atoms with Crippen molar-refractivity contribution in [1.82, 2.24) is 10.6 Å². The average molecular weight is 364 g/mol. The van der Waals surface area contributed by atoms with Crippen molar-refractivity contribution in [3.63, 3.8) is 0 Å². The van der Waals surface area contributed by atoms with Crippen molar-refractivity contribution < 1.29 is 28.6 Å². The van der Waals surface area contributed by atoms with Crippen molar-refractivity contribution in [2.75, 3.05) is 20.8 Å². The van der Waals surface area contributed by atoms with Crippen LogP contribution in [0.25, 0.3) is 0 Å². The lowest BCUT2D eigenvalue weighted by Gasteiger charge is -2.22. The minimum Gasteiger partial charge on any atom is -0.497 e. The fourth-order valence-corrected chi connectivity index (χ4v) is 2.77. The minimum absolute atomic E-state index is 0.0864. The van der Waals surface area contributed by atoms with E-state index in [2.05, 4.69) is 10.6 Å². The van der Waals surface area contributed by atoms with E-state index in [0.29, 0.717) is 11.5 Å². The Hall–Kier alpha value is -2.77. The van der Waals surface area contributed by atoms with Crippen LogP contribution in [0.1, 0.15) is 42.5 Å². The molecule has 1 aromatic rings. The molecule has 0 unspecified atom stereocenters. The maximum atomic E-state index is 12.1. The minimum atomic E-state index is -0.718. The monoisotopic (exact) mass is 364 g/mol. The van der Waals surface area contributed by atoms with Crippen molar-refractivity contribution >= 4 is 17.9 Å². The average Bonchev–Trinajstić information content (AvgIpc) is 2.66. The Bertz CT molecular complexity index is 633. The third-order valence-corrected chi connectivity index (χ3v) is 4.11. The van der Waals surface area contributed by atoms with E-state index in [-0.39, 0.29) is 11.6 Å². The molecule has 1 fully saturated rings. The molecule has 0 aromatic heterocycles. The van der Waals surface area contributed by atoms with E-state index >= 15 is 0 Å². The molecule has 142 valence electrons. The maximum absolute atomic E-state index is 12.1. The zero-order chi connectivity index (χ0) is 18.9. The number of esters is 1. The molecule has 3 amide bonds. The van der Waals surface area contributed by atoms with Gasteiger partial charge in [0.15, 0.2) is 6.61 Å². The molecule has 2 N–H and O–H groups in total. The van der Waals surface area contributed by atoms with Crippen LogP contribution in [0.2, 0.25) is 0 Å². The Kier molecular flexibility index (Phi) is 7.25. The van der Waals surface area contributed by atoms with Gasteiger partial charge in [0.2, 0.25) is 0 Å². The van der Waals surface area contributed by atoms with Gasteiger partial charge in [-0.3, -0.25) is 10.1 Å². The molecule has 0 bridgehead atoms. The van der Waals surface area contributed by atoms with Crippen molar-refractivity contribution in [1.29, 1.82) is 0 Å². The first-order valence-corrected chi connectivity index (χ1v) is 8.52. The van der Waals surface area contributed by atoms with E-state index in [0.717, 1.165) is 25.7 Å². The quantitative estimate of drug-likeness (QED) is 0.749. The summed E-state index contributed by atoms with van der Waals surface area (Å²) in [7, 11) is 2.92. The summed E-state index contributed by atoms with van der Waals surface area (Å²) >= 11 is 0. The maximum Gasteiger partial charge on any atom is 0.338 e. The third-order valence-electron chi connectivity index (χ3n) is 4.11. The van der Waals surface area contributed by atoms with Crippen LogP contribution in [0, 0.1) is 0 Å². The van der Waals surface area contributed by atoms with Crippen LogP contribution in [0.4, 0.5) is 4.79 Å². The second kappa shape index (κ2) is 9.65. The number of carbonyl (C=O) groups is 3. The zero-order valence-corrected chi connectivity index (χ0v) is 15.0. The van der Waals surface area contributed by atoms with Gasteiger partial charge < -0.3 is 19.5 Å². The molecule has 0 radical (unpaired) electrons. The molecule has 0 saturated heterocycles. The lowest BCUT2D eigenvalue weighted by Crippen LogP contribution is -2.46. The summed E-state index contributed by atoms with van der Waals surface area (Å²) in [5.74, 6) is -0.563. The summed E-state index contributed by atoms with van der Waals surface area (Å²) < 4.78 is 15.1. The highest BCUT2D eigenvalue weighted by molar-refractivity contribution is 5.97. The predicted octanol–water partition coefficient (Wildman–Crippen LogP) is 2.02. The molecular weight excluding hydrogens is 340 g/mol. The van der Waals surface area contributed by atoms with Crippen LogP contribution in [0.3, 0.4) is 0 Å². The molecule has 1 aromatic carbocycles. The van der Waals surface area contributed by atoms with Crippen LogP contribution in [-0.4, -0.2) is 44.8 Å². The van der Waals surface area contributed by atoms with Gasteiger partial charge in [-0.25, -0.2) is 9.59 Å². The zero-order valence-electron chi connectivity index (χ0n) is 15.0. The van der Waals surface area contributed by atoms with Crippen LogP contribution < -0.4 is 20.1 Å². The Labute approximate surface area is 152 Å². The number of imide groups is 1. The fourth-order valence-electron chi connectivity index (χ4n) is 2.77. The number of nitrogens with one attached hydrogen (secondary N) is 2. The SMILES string of the molecule is COc1cc(OC)cc(C(=O)OCC(=O)NC(=O)NC2CCCCC2)c1. The number of methoxy groups -OCH3 is 2. The molecule has 26 heavy (non-hydrogen) atoms. The van der Waals surface area contributed by atoms with Crippen LogP contribution in [0.15, 0.2) is 18.2 Å². The van der Waals surface area contributed by atoms with Gasteiger partial charge >= 0.3 is 12.0 Å². The number of carbonyl (C=O) groups excluding carboxylic acids is 3. The van der Waals surface area contributed by atoms with Crippen LogP contribution in [0.5, 0.6) is 11.5 Å². The number of hydrogen-bond donors (Lipinski definition) is 2. The molecule has 0 atom stereocenters. The van der Waals surface area contributed by atoms with E-state index in [1.165, 1.54) is 32.8 Å². The predicted molar refractivity (Wildman–Crippen MR) is 93.4 cm³/mol. The first-order chi connectivity index (χ1) is 12.5. The van der Waals surface area contributed by atoms with E-state index < -0.39 is 24.5 Å². The summed E-state index contributed by atoms with van der Waals surface area (Å²) in [6.07, 6.45) is 5.13.